The van der Waals surface area contributed by atoms with Crippen LogP contribution in [0.25, 0.3) is 0 Å². The van der Waals surface area contributed by atoms with Gasteiger partial charge in [-0.05, 0) is 42.9 Å². The van der Waals surface area contributed by atoms with Crippen molar-refractivity contribution in [3.05, 3.63) is 29.8 Å². The highest BCUT2D eigenvalue weighted by atomic mass is 16.5. The van der Waals surface area contributed by atoms with E-state index in [2.05, 4.69) is 16.7 Å². The molecule has 2 N–H and O–H groups in total. The van der Waals surface area contributed by atoms with E-state index in [1.807, 2.05) is 12.1 Å². The fourth-order valence-electron chi connectivity index (χ4n) is 1.88. The molecule has 1 saturated carbocycles. The number of nitrogens with one attached hydrogen (secondary N) is 2. The van der Waals surface area contributed by atoms with Gasteiger partial charge in [-0.25, -0.2) is 4.79 Å². The fraction of sp³-hybridized carbons (Fsp3) is 0.500. The summed E-state index contributed by atoms with van der Waals surface area (Å²) in [5, 5.41) is 14.1. The molecule has 0 radical (unpaired) electrons. The van der Waals surface area contributed by atoms with Crippen molar-refractivity contribution in [2.24, 2.45) is 5.92 Å². The van der Waals surface area contributed by atoms with Crippen molar-refractivity contribution in [3.63, 3.8) is 0 Å². The Kier molecular flexibility index (Phi) is 6.04. The van der Waals surface area contributed by atoms with Crippen LogP contribution in [-0.2, 0) is 11.2 Å². The molecule has 0 unspecified atom stereocenters. The van der Waals surface area contributed by atoms with Crippen molar-refractivity contribution in [1.82, 2.24) is 5.32 Å². The lowest BCUT2D eigenvalue weighted by Gasteiger charge is -2.08. The highest BCUT2D eigenvalue weighted by molar-refractivity contribution is 5.89. The lowest BCUT2D eigenvalue weighted by molar-refractivity contribution is 0.122. The topological polar surface area (TPSA) is 74.2 Å². The van der Waals surface area contributed by atoms with Crippen molar-refractivity contribution < 1.29 is 9.53 Å². The van der Waals surface area contributed by atoms with Crippen LogP contribution in [0.15, 0.2) is 24.3 Å². The number of carbonyl (C=O) groups is 1. The Bertz CT molecular complexity index is 489. The van der Waals surface area contributed by atoms with Crippen molar-refractivity contribution in [1.29, 1.82) is 5.26 Å². The minimum absolute atomic E-state index is 0.217. The van der Waals surface area contributed by atoms with Gasteiger partial charge in [-0.2, -0.15) is 5.26 Å². The van der Waals surface area contributed by atoms with Gasteiger partial charge < -0.3 is 15.4 Å². The van der Waals surface area contributed by atoms with E-state index in [-0.39, 0.29) is 6.03 Å². The molecule has 0 heterocycles. The number of hydrogen-bond acceptors (Lipinski definition) is 3. The largest absolute Gasteiger partial charge is 0.381 e. The number of urea groups is 1. The molecule has 2 amide bonds. The highest BCUT2D eigenvalue weighted by Gasteiger charge is 2.20. The number of hydrogen-bond donors (Lipinski definition) is 2. The molecular formula is C16H21N3O2. The van der Waals surface area contributed by atoms with Gasteiger partial charge in [-0.3, -0.25) is 0 Å². The molecule has 1 aromatic carbocycles. The summed E-state index contributed by atoms with van der Waals surface area (Å²) in [5.41, 5.74) is 1.66. The molecular weight excluding hydrogens is 266 g/mol. The standard InChI is InChI=1S/C16H21N3O2/c17-9-8-13-4-6-15(7-5-13)19-16(20)18-10-1-11-21-12-14-2-3-14/h4-7,14H,1-3,8,10-12H2,(H2,18,19,20). The summed E-state index contributed by atoms with van der Waals surface area (Å²) in [4.78, 5) is 11.7. The van der Waals surface area contributed by atoms with Crippen molar-refractivity contribution in [2.75, 3.05) is 25.1 Å². The van der Waals surface area contributed by atoms with E-state index in [1.54, 1.807) is 12.1 Å². The maximum Gasteiger partial charge on any atom is 0.319 e. The Morgan fingerprint density at radius 3 is 2.76 bits per heavy atom. The van der Waals surface area contributed by atoms with Crippen LogP contribution in [0.5, 0.6) is 0 Å². The Morgan fingerprint density at radius 1 is 1.33 bits per heavy atom. The van der Waals surface area contributed by atoms with Crippen molar-refractivity contribution >= 4 is 11.7 Å². The monoisotopic (exact) mass is 287 g/mol. The first-order chi connectivity index (χ1) is 10.3. The van der Waals surface area contributed by atoms with Crippen LogP contribution in [0.1, 0.15) is 24.8 Å². The average Bonchev–Trinajstić information content (AvgIpc) is 3.29. The first kappa shape index (κ1) is 15.3. The summed E-state index contributed by atoms with van der Waals surface area (Å²) in [6.45, 7) is 2.16. The molecule has 1 aliphatic rings. The number of rotatable bonds is 8. The summed E-state index contributed by atoms with van der Waals surface area (Å²) in [5.74, 6) is 0.783. The van der Waals surface area contributed by atoms with Gasteiger partial charge in [0.25, 0.3) is 0 Å². The fourth-order valence-corrected chi connectivity index (χ4v) is 1.88. The first-order valence-corrected chi connectivity index (χ1v) is 7.36. The normalized spacial score (nSPS) is 13.5. The number of amides is 2. The van der Waals surface area contributed by atoms with E-state index >= 15 is 0 Å². The maximum absolute atomic E-state index is 11.7. The number of anilines is 1. The van der Waals surface area contributed by atoms with Gasteiger partial charge in [0.2, 0.25) is 0 Å². The van der Waals surface area contributed by atoms with E-state index < -0.39 is 0 Å². The third kappa shape index (κ3) is 6.28. The molecule has 5 heteroatoms. The molecule has 0 atom stereocenters. The first-order valence-electron chi connectivity index (χ1n) is 7.36. The Hall–Kier alpha value is -2.06. The molecule has 0 saturated heterocycles. The summed E-state index contributed by atoms with van der Waals surface area (Å²) >= 11 is 0. The Labute approximate surface area is 125 Å². The summed E-state index contributed by atoms with van der Waals surface area (Å²) < 4.78 is 5.50. The van der Waals surface area contributed by atoms with Crippen LogP contribution in [-0.4, -0.2) is 25.8 Å². The summed E-state index contributed by atoms with van der Waals surface area (Å²) in [6.07, 6.45) is 3.80. The second-order valence-electron chi connectivity index (χ2n) is 5.28. The minimum Gasteiger partial charge on any atom is -0.381 e. The summed E-state index contributed by atoms with van der Waals surface area (Å²) in [7, 11) is 0. The molecule has 1 aliphatic carbocycles. The Balaban J connectivity index is 1.56. The van der Waals surface area contributed by atoms with E-state index in [1.165, 1.54) is 12.8 Å². The zero-order chi connectivity index (χ0) is 14.9. The Morgan fingerprint density at radius 2 is 2.10 bits per heavy atom. The highest BCUT2D eigenvalue weighted by Crippen LogP contribution is 2.28. The maximum atomic E-state index is 11.7. The van der Waals surface area contributed by atoms with Gasteiger partial charge in [0.15, 0.2) is 0 Å². The van der Waals surface area contributed by atoms with Crippen LogP contribution in [0.4, 0.5) is 10.5 Å². The minimum atomic E-state index is -0.217. The molecule has 1 fully saturated rings. The second kappa shape index (κ2) is 8.28. The molecule has 21 heavy (non-hydrogen) atoms. The van der Waals surface area contributed by atoms with Gasteiger partial charge >= 0.3 is 6.03 Å². The van der Waals surface area contributed by atoms with Crippen LogP contribution in [0, 0.1) is 17.2 Å². The molecule has 5 nitrogen and oxygen atoms in total. The molecule has 2 rings (SSSR count). The number of nitriles is 1. The van der Waals surface area contributed by atoms with E-state index in [0.717, 1.165) is 30.2 Å². The van der Waals surface area contributed by atoms with E-state index in [9.17, 15) is 4.79 Å². The molecule has 112 valence electrons. The third-order valence-electron chi connectivity index (χ3n) is 3.30. The lowest BCUT2D eigenvalue weighted by atomic mass is 10.1. The van der Waals surface area contributed by atoms with Crippen molar-refractivity contribution in [3.8, 4) is 6.07 Å². The van der Waals surface area contributed by atoms with E-state index in [4.69, 9.17) is 10.00 Å². The molecule has 1 aromatic rings. The SMILES string of the molecule is N#CCc1ccc(NC(=O)NCCCOCC2CC2)cc1. The van der Waals surface area contributed by atoms with Crippen LogP contribution < -0.4 is 10.6 Å². The molecule has 0 bridgehead atoms. The molecule has 0 spiro atoms. The zero-order valence-corrected chi connectivity index (χ0v) is 12.1. The van der Waals surface area contributed by atoms with Crippen LogP contribution in [0.2, 0.25) is 0 Å². The average molecular weight is 287 g/mol. The van der Waals surface area contributed by atoms with Crippen LogP contribution >= 0.6 is 0 Å². The third-order valence-corrected chi connectivity index (χ3v) is 3.30. The predicted molar refractivity (Wildman–Crippen MR) is 80.9 cm³/mol. The van der Waals surface area contributed by atoms with Gasteiger partial charge in [-0.15, -0.1) is 0 Å². The van der Waals surface area contributed by atoms with Gasteiger partial charge in [-0.1, -0.05) is 12.1 Å². The quantitative estimate of drug-likeness (QED) is 0.722. The zero-order valence-electron chi connectivity index (χ0n) is 12.1. The van der Waals surface area contributed by atoms with Gasteiger partial charge in [0.1, 0.15) is 0 Å². The number of ether oxygens (including phenoxy) is 1. The molecule has 0 aromatic heterocycles. The predicted octanol–water partition coefficient (Wildman–Crippen LogP) is 2.69. The number of nitrogens with zero attached hydrogens (tertiary/aromatic N) is 1. The summed E-state index contributed by atoms with van der Waals surface area (Å²) in [6, 6.07) is 9.14. The number of benzene rings is 1. The lowest BCUT2D eigenvalue weighted by Crippen LogP contribution is -2.30. The van der Waals surface area contributed by atoms with Crippen molar-refractivity contribution in [2.45, 2.75) is 25.7 Å². The van der Waals surface area contributed by atoms with E-state index in [0.29, 0.717) is 19.6 Å². The smallest absolute Gasteiger partial charge is 0.319 e. The number of carbonyl (C=O) groups excluding carboxylic acids is 1. The second-order valence-corrected chi connectivity index (χ2v) is 5.28. The van der Waals surface area contributed by atoms with Crippen LogP contribution in [0.3, 0.4) is 0 Å². The van der Waals surface area contributed by atoms with Gasteiger partial charge in [0, 0.05) is 25.4 Å². The molecule has 0 aliphatic heterocycles. The van der Waals surface area contributed by atoms with Gasteiger partial charge in [0.05, 0.1) is 12.5 Å².